The van der Waals surface area contributed by atoms with E-state index in [-0.39, 0.29) is 11.7 Å². The van der Waals surface area contributed by atoms with E-state index in [0.29, 0.717) is 12.3 Å². The zero-order valence-electron chi connectivity index (χ0n) is 5.05. The fourth-order valence-corrected chi connectivity index (χ4v) is 1.74. The van der Waals surface area contributed by atoms with Crippen LogP contribution in [0.4, 0.5) is 0 Å². The molecule has 1 rings (SSSR count). The maximum absolute atomic E-state index is 10.7. The van der Waals surface area contributed by atoms with E-state index in [1.54, 1.807) is 0 Å². The maximum atomic E-state index is 10.7. The zero-order chi connectivity index (χ0) is 6.69. The molecule has 0 aromatic carbocycles. The molecule has 9 heavy (non-hydrogen) atoms. The third-order valence-electron chi connectivity index (χ3n) is 1.16. The van der Waals surface area contributed by atoms with Crippen molar-refractivity contribution < 1.29 is 9.00 Å². The van der Waals surface area contributed by atoms with E-state index in [4.69, 9.17) is 0 Å². The van der Waals surface area contributed by atoms with Crippen LogP contribution in [0.15, 0.2) is 0 Å². The van der Waals surface area contributed by atoms with E-state index >= 15 is 0 Å². The van der Waals surface area contributed by atoms with Crippen molar-refractivity contribution in [3.63, 3.8) is 0 Å². The van der Waals surface area contributed by atoms with Crippen LogP contribution in [-0.4, -0.2) is 28.2 Å². The lowest BCUT2D eigenvalue weighted by Crippen LogP contribution is -2.25. The second-order valence-corrected chi connectivity index (χ2v) is 3.57. The van der Waals surface area contributed by atoms with Crippen LogP contribution < -0.4 is 5.32 Å². The summed E-state index contributed by atoms with van der Waals surface area (Å²) < 4.78 is 10.7. The lowest BCUT2D eigenvalue weighted by molar-refractivity contribution is -0.118. The van der Waals surface area contributed by atoms with Gasteiger partial charge in [-0.1, -0.05) is 0 Å². The second-order valence-electron chi connectivity index (χ2n) is 1.99. The van der Waals surface area contributed by atoms with Crippen LogP contribution in [-0.2, 0) is 15.6 Å². The van der Waals surface area contributed by atoms with Crippen LogP contribution in [0.2, 0.25) is 0 Å². The first kappa shape index (κ1) is 6.74. The van der Waals surface area contributed by atoms with Crippen molar-refractivity contribution in [2.24, 2.45) is 0 Å². The predicted molar refractivity (Wildman–Crippen MR) is 35.5 cm³/mol. The number of nitrogens with one attached hydrogen (secondary N) is 1. The Morgan fingerprint density at radius 2 is 2.33 bits per heavy atom. The van der Waals surface area contributed by atoms with Gasteiger partial charge >= 0.3 is 0 Å². The highest BCUT2D eigenvalue weighted by atomic mass is 32.2. The van der Waals surface area contributed by atoms with Gasteiger partial charge in [0.1, 0.15) is 5.75 Å². The van der Waals surface area contributed by atoms with Crippen LogP contribution >= 0.6 is 0 Å². The van der Waals surface area contributed by atoms with Crippen molar-refractivity contribution >= 4 is 16.7 Å². The van der Waals surface area contributed by atoms with Crippen molar-refractivity contribution in [3.8, 4) is 0 Å². The molecular formula is C5H9NO2S. The second kappa shape index (κ2) is 2.96. The molecule has 1 fully saturated rings. The van der Waals surface area contributed by atoms with Gasteiger partial charge in [-0.15, -0.1) is 0 Å². The molecular weight excluding hydrogens is 138 g/mol. The molecule has 4 heteroatoms. The summed E-state index contributed by atoms with van der Waals surface area (Å²) in [5, 5.41) is 2.64. The molecule has 0 saturated carbocycles. The molecule has 1 heterocycles. The molecule has 0 spiro atoms. The Kier molecular flexibility index (Phi) is 2.22. The molecule has 1 saturated heterocycles. The third kappa shape index (κ3) is 2.13. The highest BCUT2D eigenvalue weighted by molar-refractivity contribution is 7.85. The molecule has 0 radical (unpaired) electrons. The van der Waals surface area contributed by atoms with Crippen molar-refractivity contribution in [2.75, 3.05) is 18.1 Å². The zero-order valence-corrected chi connectivity index (χ0v) is 5.87. The first-order valence-electron chi connectivity index (χ1n) is 2.91. The van der Waals surface area contributed by atoms with E-state index < -0.39 is 10.8 Å². The van der Waals surface area contributed by atoms with Crippen LogP contribution in [0.1, 0.15) is 6.42 Å². The molecule has 0 aromatic heterocycles. The van der Waals surface area contributed by atoms with Crippen LogP contribution in [0, 0.1) is 0 Å². The quantitative estimate of drug-likeness (QED) is 0.490. The number of carbonyl (C=O) groups is 1. The van der Waals surface area contributed by atoms with E-state index in [1.807, 2.05) is 0 Å². The average Bonchev–Trinajstić information content (AvgIpc) is 1.93. The lowest BCUT2D eigenvalue weighted by Gasteiger charge is -1.93. The monoisotopic (exact) mass is 147 g/mol. The molecule has 1 atom stereocenters. The van der Waals surface area contributed by atoms with Gasteiger partial charge in [0.2, 0.25) is 5.91 Å². The SMILES string of the molecule is O=C1CS(=O)CCCN1. The minimum atomic E-state index is -0.900. The summed E-state index contributed by atoms with van der Waals surface area (Å²) in [7, 11) is -0.900. The molecule has 3 nitrogen and oxygen atoms in total. The summed E-state index contributed by atoms with van der Waals surface area (Å²) in [6.45, 7) is 0.685. The van der Waals surface area contributed by atoms with Crippen molar-refractivity contribution in [2.45, 2.75) is 6.42 Å². The largest absolute Gasteiger partial charge is 0.355 e. The summed E-state index contributed by atoms with van der Waals surface area (Å²) in [5.74, 6) is 0.782. The topological polar surface area (TPSA) is 46.2 Å². The first-order valence-corrected chi connectivity index (χ1v) is 4.39. The van der Waals surface area contributed by atoms with Gasteiger partial charge in [0.15, 0.2) is 0 Å². The third-order valence-corrected chi connectivity index (χ3v) is 2.49. The highest BCUT2D eigenvalue weighted by Gasteiger charge is 2.10. The molecule has 1 amide bonds. The molecule has 1 aliphatic rings. The van der Waals surface area contributed by atoms with Crippen molar-refractivity contribution in [1.82, 2.24) is 5.32 Å². The van der Waals surface area contributed by atoms with Crippen molar-refractivity contribution in [3.05, 3.63) is 0 Å². The molecule has 0 aliphatic carbocycles. The summed E-state index contributed by atoms with van der Waals surface area (Å²) in [6.07, 6.45) is 0.846. The minimum Gasteiger partial charge on any atom is -0.355 e. The van der Waals surface area contributed by atoms with Gasteiger partial charge in [0, 0.05) is 23.1 Å². The summed E-state index contributed by atoms with van der Waals surface area (Å²) in [4.78, 5) is 10.6. The number of hydrogen-bond donors (Lipinski definition) is 1. The number of amides is 1. The Balaban J connectivity index is 2.47. The smallest absolute Gasteiger partial charge is 0.232 e. The van der Waals surface area contributed by atoms with E-state index in [9.17, 15) is 9.00 Å². The molecule has 0 aromatic rings. The lowest BCUT2D eigenvalue weighted by atomic mass is 10.5. The van der Waals surface area contributed by atoms with Crippen LogP contribution in [0.3, 0.4) is 0 Å². The average molecular weight is 147 g/mol. The predicted octanol–water partition coefficient (Wildman–Crippen LogP) is -0.745. The Hall–Kier alpha value is -0.380. The highest BCUT2D eigenvalue weighted by Crippen LogP contribution is 1.91. The minimum absolute atomic E-state index is 0.0779. The molecule has 1 N–H and O–H groups in total. The van der Waals surface area contributed by atoms with Crippen LogP contribution in [0.5, 0.6) is 0 Å². The Labute approximate surface area is 56.3 Å². The van der Waals surface area contributed by atoms with Gasteiger partial charge in [-0.2, -0.15) is 0 Å². The maximum Gasteiger partial charge on any atom is 0.232 e. The fraction of sp³-hybridized carbons (Fsp3) is 0.800. The Morgan fingerprint density at radius 3 is 3.11 bits per heavy atom. The standard InChI is InChI=1S/C5H9NO2S/c7-5-4-9(8)3-1-2-6-5/h1-4H2,(H,6,7). The van der Waals surface area contributed by atoms with Crippen molar-refractivity contribution in [1.29, 1.82) is 0 Å². The summed E-state index contributed by atoms with van der Waals surface area (Å²) in [6, 6.07) is 0. The van der Waals surface area contributed by atoms with Gasteiger partial charge in [-0.05, 0) is 6.42 Å². The van der Waals surface area contributed by atoms with Gasteiger partial charge in [-0.3, -0.25) is 9.00 Å². The van der Waals surface area contributed by atoms with Crippen LogP contribution in [0.25, 0.3) is 0 Å². The first-order chi connectivity index (χ1) is 4.29. The molecule has 52 valence electrons. The molecule has 1 aliphatic heterocycles. The normalized spacial score (nSPS) is 28.9. The van der Waals surface area contributed by atoms with E-state index in [0.717, 1.165) is 6.42 Å². The van der Waals surface area contributed by atoms with Gasteiger partial charge in [0.25, 0.3) is 0 Å². The number of carbonyl (C=O) groups excluding carboxylic acids is 1. The summed E-state index contributed by atoms with van der Waals surface area (Å²) >= 11 is 0. The molecule has 1 unspecified atom stereocenters. The Morgan fingerprint density at radius 1 is 1.56 bits per heavy atom. The van der Waals surface area contributed by atoms with E-state index in [1.165, 1.54) is 0 Å². The summed E-state index contributed by atoms with van der Waals surface area (Å²) in [5.41, 5.74) is 0. The van der Waals surface area contributed by atoms with Gasteiger partial charge in [-0.25, -0.2) is 0 Å². The number of hydrogen-bond acceptors (Lipinski definition) is 2. The van der Waals surface area contributed by atoms with Gasteiger partial charge in [0.05, 0.1) is 0 Å². The molecule has 0 bridgehead atoms. The van der Waals surface area contributed by atoms with E-state index in [2.05, 4.69) is 5.32 Å². The van der Waals surface area contributed by atoms with Gasteiger partial charge < -0.3 is 5.32 Å². The number of rotatable bonds is 0. The Bertz CT molecular complexity index is 130. The fourth-order valence-electron chi connectivity index (χ4n) is 0.730.